The van der Waals surface area contributed by atoms with Gasteiger partial charge in [-0.3, -0.25) is 9.69 Å². The largest absolute Gasteiger partial charge is 0.481 e. The van der Waals surface area contributed by atoms with Crippen molar-refractivity contribution < 1.29 is 9.90 Å². The maximum absolute atomic E-state index is 11.2. The molecular formula is C12H23NO2. The Labute approximate surface area is 92.5 Å². The van der Waals surface area contributed by atoms with Gasteiger partial charge in [-0.05, 0) is 53.1 Å². The highest BCUT2D eigenvalue weighted by molar-refractivity contribution is 5.74. The molecule has 0 saturated carbocycles. The first kappa shape index (κ1) is 12.5. The molecule has 0 radical (unpaired) electrons. The van der Waals surface area contributed by atoms with Gasteiger partial charge in [0.25, 0.3) is 0 Å². The Kier molecular flexibility index (Phi) is 3.44. The predicted molar refractivity (Wildman–Crippen MR) is 60.9 cm³/mol. The van der Waals surface area contributed by atoms with E-state index in [0.717, 1.165) is 32.4 Å². The maximum atomic E-state index is 11.2. The van der Waals surface area contributed by atoms with Gasteiger partial charge in [0.2, 0.25) is 0 Å². The predicted octanol–water partition coefficient (Wildman–Crippen LogP) is 2.36. The summed E-state index contributed by atoms with van der Waals surface area (Å²) in [6, 6.07) is 0. The maximum Gasteiger partial charge on any atom is 0.309 e. The molecule has 0 amide bonds. The zero-order valence-electron chi connectivity index (χ0n) is 10.3. The zero-order valence-corrected chi connectivity index (χ0v) is 10.3. The van der Waals surface area contributed by atoms with Crippen LogP contribution in [0.2, 0.25) is 0 Å². The molecule has 1 rings (SSSR count). The highest BCUT2D eigenvalue weighted by atomic mass is 16.4. The summed E-state index contributed by atoms with van der Waals surface area (Å²) in [6.45, 7) is 10.4. The number of hydrogen-bond acceptors (Lipinski definition) is 2. The first-order chi connectivity index (χ1) is 6.82. The van der Waals surface area contributed by atoms with Gasteiger partial charge in [-0.2, -0.15) is 0 Å². The lowest BCUT2D eigenvalue weighted by atomic mass is 9.75. The molecule has 88 valence electrons. The summed E-state index contributed by atoms with van der Waals surface area (Å²) in [7, 11) is 0. The second kappa shape index (κ2) is 4.12. The third-order valence-electron chi connectivity index (χ3n) is 3.80. The van der Waals surface area contributed by atoms with E-state index in [1.54, 1.807) is 0 Å². The van der Waals surface area contributed by atoms with Crippen LogP contribution >= 0.6 is 0 Å². The van der Waals surface area contributed by atoms with Crippen molar-refractivity contribution in [2.45, 2.75) is 52.5 Å². The zero-order chi connectivity index (χ0) is 11.7. The third-order valence-corrected chi connectivity index (χ3v) is 3.80. The fourth-order valence-electron chi connectivity index (χ4n) is 2.32. The van der Waals surface area contributed by atoms with Crippen LogP contribution in [0.3, 0.4) is 0 Å². The van der Waals surface area contributed by atoms with E-state index >= 15 is 0 Å². The lowest BCUT2D eigenvalue weighted by molar-refractivity contribution is -0.153. The first-order valence-corrected chi connectivity index (χ1v) is 5.80. The van der Waals surface area contributed by atoms with Gasteiger partial charge in [-0.1, -0.05) is 6.92 Å². The average molecular weight is 213 g/mol. The van der Waals surface area contributed by atoms with Crippen LogP contribution in [0.5, 0.6) is 0 Å². The molecule has 1 heterocycles. The number of hydrogen-bond donors (Lipinski definition) is 1. The van der Waals surface area contributed by atoms with Gasteiger partial charge in [0.1, 0.15) is 0 Å². The number of carboxylic acids is 1. The molecule has 3 heteroatoms. The molecule has 0 atom stereocenters. The fraction of sp³-hybridized carbons (Fsp3) is 0.917. The topological polar surface area (TPSA) is 40.5 Å². The number of carbonyl (C=O) groups is 1. The van der Waals surface area contributed by atoms with E-state index in [2.05, 4.69) is 25.7 Å². The van der Waals surface area contributed by atoms with Gasteiger partial charge >= 0.3 is 5.97 Å². The molecule has 15 heavy (non-hydrogen) atoms. The van der Waals surface area contributed by atoms with Crippen LogP contribution in [0.1, 0.15) is 47.0 Å². The monoisotopic (exact) mass is 213 g/mol. The van der Waals surface area contributed by atoms with E-state index in [1.165, 1.54) is 0 Å². The van der Waals surface area contributed by atoms with E-state index in [0.29, 0.717) is 0 Å². The van der Waals surface area contributed by atoms with Gasteiger partial charge < -0.3 is 5.11 Å². The van der Waals surface area contributed by atoms with E-state index in [-0.39, 0.29) is 5.54 Å². The summed E-state index contributed by atoms with van der Waals surface area (Å²) in [5.74, 6) is -0.612. The Morgan fingerprint density at radius 1 is 1.33 bits per heavy atom. The van der Waals surface area contributed by atoms with Gasteiger partial charge in [0.15, 0.2) is 0 Å². The summed E-state index contributed by atoms with van der Waals surface area (Å²) in [4.78, 5) is 13.6. The van der Waals surface area contributed by atoms with E-state index < -0.39 is 11.4 Å². The van der Waals surface area contributed by atoms with Crippen molar-refractivity contribution in [1.82, 2.24) is 4.90 Å². The Hall–Kier alpha value is -0.570. The number of nitrogens with zero attached hydrogens (tertiary/aromatic N) is 1. The standard InChI is InChI=1S/C12H23NO2/c1-5-12(10(14)15)6-8-13(9-7-12)11(2,3)4/h5-9H2,1-4H3,(H,14,15). The Balaban J connectivity index is 2.65. The molecule has 0 aromatic heterocycles. The quantitative estimate of drug-likeness (QED) is 0.765. The van der Waals surface area contributed by atoms with Gasteiger partial charge in [-0.15, -0.1) is 0 Å². The minimum Gasteiger partial charge on any atom is -0.481 e. The van der Waals surface area contributed by atoms with Crippen molar-refractivity contribution >= 4 is 5.97 Å². The molecular weight excluding hydrogens is 190 g/mol. The summed E-state index contributed by atoms with van der Waals surface area (Å²) in [6.07, 6.45) is 2.33. The minimum atomic E-state index is -0.612. The first-order valence-electron chi connectivity index (χ1n) is 5.80. The molecule has 0 aliphatic carbocycles. The van der Waals surface area contributed by atoms with E-state index in [4.69, 9.17) is 0 Å². The van der Waals surface area contributed by atoms with Crippen LogP contribution in [-0.4, -0.2) is 34.6 Å². The Bertz CT molecular complexity index is 234. The summed E-state index contributed by atoms with van der Waals surface area (Å²) >= 11 is 0. The average Bonchev–Trinajstić information content (AvgIpc) is 2.16. The second-order valence-electron chi connectivity index (χ2n) is 5.60. The fourth-order valence-corrected chi connectivity index (χ4v) is 2.32. The van der Waals surface area contributed by atoms with Gasteiger partial charge in [0, 0.05) is 5.54 Å². The van der Waals surface area contributed by atoms with Crippen LogP contribution in [0.25, 0.3) is 0 Å². The molecule has 0 bridgehead atoms. The van der Waals surface area contributed by atoms with Crippen LogP contribution in [0.15, 0.2) is 0 Å². The molecule has 1 fully saturated rings. The molecule has 0 aromatic rings. The minimum absolute atomic E-state index is 0.165. The number of aliphatic carboxylic acids is 1. The number of rotatable bonds is 2. The van der Waals surface area contributed by atoms with Gasteiger partial charge in [-0.25, -0.2) is 0 Å². The normalized spacial score (nSPS) is 22.7. The van der Waals surface area contributed by atoms with Crippen LogP contribution in [-0.2, 0) is 4.79 Å². The van der Waals surface area contributed by atoms with Crippen LogP contribution < -0.4 is 0 Å². The van der Waals surface area contributed by atoms with Crippen LogP contribution in [0.4, 0.5) is 0 Å². The summed E-state index contributed by atoms with van der Waals surface area (Å²) < 4.78 is 0. The second-order valence-corrected chi connectivity index (χ2v) is 5.60. The molecule has 0 spiro atoms. The lowest BCUT2D eigenvalue weighted by Gasteiger charge is -2.44. The van der Waals surface area contributed by atoms with Crippen molar-refractivity contribution in [3.63, 3.8) is 0 Å². The molecule has 1 saturated heterocycles. The van der Waals surface area contributed by atoms with Crippen molar-refractivity contribution in [1.29, 1.82) is 0 Å². The van der Waals surface area contributed by atoms with Crippen LogP contribution in [0, 0.1) is 5.41 Å². The molecule has 1 aliphatic rings. The molecule has 1 aliphatic heterocycles. The van der Waals surface area contributed by atoms with Crippen molar-refractivity contribution in [2.75, 3.05) is 13.1 Å². The van der Waals surface area contributed by atoms with Gasteiger partial charge in [0.05, 0.1) is 5.41 Å². The third kappa shape index (κ3) is 2.51. The Morgan fingerprint density at radius 3 is 2.07 bits per heavy atom. The van der Waals surface area contributed by atoms with E-state index in [9.17, 15) is 9.90 Å². The summed E-state index contributed by atoms with van der Waals surface area (Å²) in [5, 5.41) is 9.26. The van der Waals surface area contributed by atoms with E-state index in [1.807, 2.05) is 6.92 Å². The number of likely N-dealkylation sites (tertiary alicyclic amines) is 1. The van der Waals surface area contributed by atoms with Crippen molar-refractivity contribution in [3.05, 3.63) is 0 Å². The SMILES string of the molecule is CCC1(C(=O)O)CCN(C(C)(C)C)CC1. The Morgan fingerprint density at radius 2 is 1.80 bits per heavy atom. The molecule has 3 nitrogen and oxygen atoms in total. The molecule has 0 unspecified atom stereocenters. The van der Waals surface area contributed by atoms with Crippen molar-refractivity contribution in [2.24, 2.45) is 5.41 Å². The van der Waals surface area contributed by atoms with Crippen molar-refractivity contribution in [3.8, 4) is 0 Å². The smallest absolute Gasteiger partial charge is 0.309 e. The summed E-state index contributed by atoms with van der Waals surface area (Å²) in [5.41, 5.74) is -0.292. The lowest BCUT2D eigenvalue weighted by Crippen LogP contribution is -2.50. The highest BCUT2D eigenvalue weighted by Gasteiger charge is 2.41. The number of piperidine rings is 1. The molecule has 1 N–H and O–H groups in total. The number of carboxylic acid groups (broad SMARTS) is 1. The highest BCUT2D eigenvalue weighted by Crippen LogP contribution is 2.36. The molecule has 0 aromatic carbocycles.